The Kier molecular flexibility index (Phi) is 5.34. The minimum absolute atomic E-state index is 0.114. The molecule has 17 heavy (non-hydrogen) atoms. The van der Waals surface area contributed by atoms with Gasteiger partial charge in [0.25, 0.3) is 0 Å². The first kappa shape index (κ1) is 13.9. The van der Waals surface area contributed by atoms with E-state index in [9.17, 15) is 9.50 Å². The predicted molar refractivity (Wildman–Crippen MR) is 62.5 cm³/mol. The number of aliphatic hydroxyl groups excluding tert-OH is 2. The van der Waals surface area contributed by atoms with Crippen molar-refractivity contribution in [2.45, 2.75) is 19.1 Å². The number of rotatable bonds is 6. The number of methoxy groups -OCH3 is 1. The van der Waals surface area contributed by atoms with Crippen LogP contribution in [0, 0.1) is 5.82 Å². The van der Waals surface area contributed by atoms with Crippen molar-refractivity contribution in [2.24, 2.45) is 0 Å². The van der Waals surface area contributed by atoms with E-state index in [-0.39, 0.29) is 24.9 Å². The first-order valence-corrected chi connectivity index (χ1v) is 5.44. The van der Waals surface area contributed by atoms with Crippen molar-refractivity contribution < 1.29 is 19.3 Å². The Morgan fingerprint density at radius 2 is 2.18 bits per heavy atom. The van der Waals surface area contributed by atoms with E-state index in [0.29, 0.717) is 0 Å². The summed E-state index contributed by atoms with van der Waals surface area (Å²) in [6, 6.07) is 4.59. The van der Waals surface area contributed by atoms with Crippen LogP contribution in [-0.2, 0) is 0 Å². The normalized spacial score (nSPS) is 14.4. The third-order valence-corrected chi connectivity index (χ3v) is 2.55. The summed E-state index contributed by atoms with van der Waals surface area (Å²) in [6.45, 7) is 1.81. The maximum atomic E-state index is 13.4. The summed E-state index contributed by atoms with van der Waals surface area (Å²) in [4.78, 5) is 0. The highest BCUT2D eigenvalue weighted by Crippen LogP contribution is 2.21. The largest absolute Gasteiger partial charge is 0.494 e. The van der Waals surface area contributed by atoms with Crippen LogP contribution in [0.25, 0.3) is 0 Å². The number of hydrogen-bond donors (Lipinski definition) is 3. The van der Waals surface area contributed by atoms with Crippen LogP contribution in [0.3, 0.4) is 0 Å². The van der Waals surface area contributed by atoms with E-state index in [1.807, 2.05) is 6.92 Å². The lowest BCUT2D eigenvalue weighted by Gasteiger charge is -2.17. The SMILES string of the molecule is COc1ccc(C(C)NCC(O)CO)cc1F. The van der Waals surface area contributed by atoms with Crippen molar-refractivity contribution in [1.82, 2.24) is 5.32 Å². The highest BCUT2D eigenvalue weighted by atomic mass is 19.1. The van der Waals surface area contributed by atoms with Crippen molar-refractivity contribution in [2.75, 3.05) is 20.3 Å². The Morgan fingerprint density at radius 3 is 2.71 bits per heavy atom. The molecule has 0 aliphatic heterocycles. The van der Waals surface area contributed by atoms with Crippen molar-refractivity contribution in [1.29, 1.82) is 0 Å². The Balaban J connectivity index is 2.63. The smallest absolute Gasteiger partial charge is 0.165 e. The van der Waals surface area contributed by atoms with Gasteiger partial charge in [-0.3, -0.25) is 0 Å². The fraction of sp³-hybridized carbons (Fsp3) is 0.500. The summed E-state index contributed by atoms with van der Waals surface area (Å²) in [5, 5.41) is 20.8. The monoisotopic (exact) mass is 243 g/mol. The van der Waals surface area contributed by atoms with Gasteiger partial charge in [-0.1, -0.05) is 6.07 Å². The molecule has 0 aromatic heterocycles. The molecule has 0 aliphatic rings. The molecule has 96 valence electrons. The maximum Gasteiger partial charge on any atom is 0.165 e. The average Bonchev–Trinajstić information content (AvgIpc) is 2.35. The van der Waals surface area contributed by atoms with Crippen LogP contribution in [0.5, 0.6) is 5.75 Å². The molecule has 3 N–H and O–H groups in total. The molecule has 0 fully saturated rings. The second-order valence-corrected chi connectivity index (χ2v) is 3.86. The van der Waals surface area contributed by atoms with Crippen LogP contribution in [0.2, 0.25) is 0 Å². The topological polar surface area (TPSA) is 61.7 Å². The highest BCUT2D eigenvalue weighted by Gasteiger charge is 2.10. The number of halogens is 1. The zero-order valence-electron chi connectivity index (χ0n) is 9.98. The van der Waals surface area contributed by atoms with Gasteiger partial charge in [-0.05, 0) is 24.6 Å². The van der Waals surface area contributed by atoms with Crippen LogP contribution in [0.4, 0.5) is 4.39 Å². The maximum absolute atomic E-state index is 13.4. The second kappa shape index (κ2) is 6.54. The highest BCUT2D eigenvalue weighted by molar-refractivity contribution is 5.30. The molecule has 1 rings (SSSR count). The van der Waals surface area contributed by atoms with Crippen LogP contribution in [0.15, 0.2) is 18.2 Å². The fourth-order valence-electron chi connectivity index (χ4n) is 1.45. The summed E-state index contributed by atoms with van der Waals surface area (Å²) in [6.07, 6.45) is -0.805. The molecule has 0 saturated carbocycles. The lowest BCUT2D eigenvalue weighted by atomic mass is 10.1. The first-order chi connectivity index (χ1) is 8.08. The van der Waals surface area contributed by atoms with Gasteiger partial charge in [0.15, 0.2) is 11.6 Å². The number of benzene rings is 1. The van der Waals surface area contributed by atoms with Gasteiger partial charge in [0.2, 0.25) is 0 Å². The van der Waals surface area contributed by atoms with E-state index >= 15 is 0 Å². The van der Waals surface area contributed by atoms with Crippen LogP contribution in [-0.4, -0.2) is 36.6 Å². The molecule has 0 radical (unpaired) electrons. The quantitative estimate of drug-likeness (QED) is 0.693. The molecule has 0 bridgehead atoms. The second-order valence-electron chi connectivity index (χ2n) is 3.86. The Hall–Kier alpha value is -1.17. The van der Waals surface area contributed by atoms with Gasteiger partial charge >= 0.3 is 0 Å². The van der Waals surface area contributed by atoms with Gasteiger partial charge in [0.1, 0.15) is 0 Å². The van der Waals surface area contributed by atoms with E-state index in [4.69, 9.17) is 9.84 Å². The molecule has 2 atom stereocenters. The Bertz CT molecular complexity index is 360. The van der Waals surface area contributed by atoms with E-state index < -0.39 is 11.9 Å². The lowest BCUT2D eigenvalue weighted by molar-refractivity contribution is 0.0924. The number of ether oxygens (including phenoxy) is 1. The molecule has 4 nitrogen and oxygen atoms in total. The number of hydrogen-bond acceptors (Lipinski definition) is 4. The summed E-state index contributed by atoms with van der Waals surface area (Å²) in [5.74, 6) is -0.210. The van der Waals surface area contributed by atoms with Gasteiger partial charge < -0.3 is 20.3 Å². The van der Waals surface area contributed by atoms with Gasteiger partial charge in [0.05, 0.1) is 19.8 Å². The van der Waals surface area contributed by atoms with Gasteiger partial charge in [0, 0.05) is 12.6 Å². The Labute approximate surface area is 100 Å². The van der Waals surface area contributed by atoms with E-state index in [0.717, 1.165) is 5.56 Å². The molecule has 1 aromatic rings. The van der Waals surface area contributed by atoms with Crippen molar-refractivity contribution in [3.8, 4) is 5.75 Å². The molecule has 0 aliphatic carbocycles. The van der Waals surface area contributed by atoms with Crippen molar-refractivity contribution in [3.63, 3.8) is 0 Å². The number of nitrogens with one attached hydrogen (secondary N) is 1. The average molecular weight is 243 g/mol. The summed E-state index contributed by atoms with van der Waals surface area (Å²) in [7, 11) is 1.41. The molecule has 1 aromatic carbocycles. The minimum Gasteiger partial charge on any atom is -0.494 e. The molecule has 0 heterocycles. The molecular weight excluding hydrogens is 225 g/mol. The van der Waals surface area contributed by atoms with E-state index in [1.54, 1.807) is 12.1 Å². The van der Waals surface area contributed by atoms with Gasteiger partial charge in [-0.15, -0.1) is 0 Å². The molecular formula is C12H18FNO3. The molecule has 0 amide bonds. The minimum atomic E-state index is -0.805. The van der Waals surface area contributed by atoms with Gasteiger partial charge in [-0.25, -0.2) is 4.39 Å². The van der Waals surface area contributed by atoms with Crippen LogP contribution >= 0.6 is 0 Å². The predicted octanol–water partition coefficient (Wildman–Crippen LogP) is 0.838. The van der Waals surface area contributed by atoms with E-state index in [2.05, 4.69) is 5.32 Å². The standard InChI is InChI=1S/C12H18FNO3/c1-8(14-6-10(16)7-15)9-3-4-12(17-2)11(13)5-9/h3-5,8,10,14-16H,6-7H2,1-2H3. The number of aliphatic hydroxyl groups is 2. The lowest BCUT2D eigenvalue weighted by Crippen LogP contribution is -2.31. The molecule has 5 heteroatoms. The van der Waals surface area contributed by atoms with E-state index in [1.165, 1.54) is 13.2 Å². The Morgan fingerprint density at radius 1 is 1.47 bits per heavy atom. The summed E-state index contributed by atoms with van der Waals surface area (Å²) >= 11 is 0. The molecule has 0 spiro atoms. The zero-order valence-corrected chi connectivity index (χ0v) is 9.98. The van der Waals surface area contributed by atoms with Crippen LogP contribution in [0.1, 0.15) is 18.5 Å². The third-order valence-electron chi connectivity index (χ3n) is 2.55. The van der Waals surface area contributed by atoms with Crippen LogP contribution < -0.4 is 10.1 Å². The molecule has 0 saturated heterocycles. The van der Waals surface area contributed by atoms with Crippen molar-refractivity contribution >= 4 is 0 Å². The third kappa shape index (κ3) is 3.96. The summed E-state index contributed by atoms with van der Waals surface area (Å²) in [5.41, 5.74) is 0.758. The first-order valence-electron chi connectivity index (χ1n) is 5.44. The van der Waals surface area contributed by atoms with Gasteiger partial charge in [-0.2, -0.15) is 0 Å². The molecule has 2 unspecified atom stereocenters. The zero-order chi connectivity index (χ0) is 12.8. The fourth-order valence-corrected chi connectivity index (χ4v) is 1.45. The summed E-state index contributed by atoms with van der Waals surface area (Å²) < 4.78 is 18.3. The van der Waals surface area contributed by atoms with Crippen molar-refractivity contribution in [3.05, 3.63) is 29.6 Å².